The molecule has 2 heterocycles. The fourth-order valence-corrected chi connectivity index (χ4v) is 4.48. The summed E-state index contributed by atoms with van der Waals surface area (Å²) in [6.07, 6.45) is -7.12. The molecule has 3 fully saturated rings. The summed E-state index contributed by atoms with van der Waals surface area (Å²) in [5.74, 6) is -2.48. The summed E-state index contributed by atoms with van der Waals surface area (Å²) >= 11 is 0. The maximum atomic E-state index is 13.8. The number of hydrogen-bond acceptors (Lipinski definition) is 3. The lowest BCUT2D eigenvalue weighted by molar-refractivity contribution is -0.193. The summed E-state index contributed by atoms with van der Waals surface area (Å²) in [5, 5.41) is 9.29. The molecule has 1 N–H and O–H groups in total. The molecule has 1 spiro atoms. The first-order chi connectivity index (χ1) is 13.4. The lowest BCUT2D eigenvalue weighted by Crippen LogP contribution is -2.66. The number of halogens is 4. The Morgan fingerprint density at radius 3 is 2.24 bits per heavy atom. The fraction of sp³-hybridized carbons (Fsp3) is 0.833. The fourth-order valence-electron chi connectivity index (χ4n) is 4.48. The van der Waals surface area contributed by atoms with Crippen molar-refractivity contribution in [3.05, 3.63) is 0 Å². The number of rotatable bonds is 3. The van der Waals surface area contributed by atoms with Crippen molar-refractivity contribution < 1.29 is 37.1 Å². The minimum Gasteiger partial charge on any atom is -0.465 e. The summed E-state index contributed by atoms with van der Waals surface area (Å²) in [6, 6.07) is -1.88. The number of amides is 3. The van der Waals surface area contributed by atoms with Crippen LogP contribution in [-0.4, -0.2) is 87.3 Å². The number of piperazine rings is 1. The highest BCUT2D eigenvalue weighted by atomic mass is 19.4. The van der Waals surface area contributed by atoms with Crippen LogP contribution in [0.15, 0.2) is 0 Å². The summed E-state index contributed by atoms with van der Waals surface area (Å²) in [4.78, 5) is 39.6. The number of nitrogens with zero attached hydrogens (tertiary/aromatic N) is 3. The molecule has 0 aromatic carbocycles. The molecule has 0 aromatic heterocycles. The van der Waals surface area contributed by atoms with Crippen LogP contribution in [0.1, 0.15) is 39.5 Å². The van der Waals surface area contributed by atoms with Gasteiger partial charge in [0.1, 0.15) is 12.2 Å². The third kappa shape index (κ3) is 4.13. The zero-order valence-corrected chi connectivity index (χ0v) is 16.3. The number of carboxylic acid groups (broad SMARTS) is 1. The maximum absolute atomic E-state index is 13.8. The molecule has 1 aliphatic carbocycles. The average molecular weight is 423 g/mol. The van der Waals surface area contributed by atoms with Gasteiger partial charge in [0.2, 0.25) is 5.91 Å². The molecule has 0 bridgehead atoms. The van der Waals surface area contributed by atoms with Gasteiger partial charge in [0.05, 0.1) is 12.1 Å². The van der Waals surface area contributed by atoms with E-state index in [1.807, 2.05) is 13.8 Å². The summed E-state index contributed by atoms with van der Waals surface area (Å²) in [5.41, 5.74) is -1.07. The molecule has 1 saturated carbocycles. The van der Waals surface area contributed by atoms with Crippen molar-refractivity contribution in [2.45, 2.75) is 69.5 Å². The van der Waals surface area contributed by atoms with E-state index in [-0.39, 0.29) is 25.4 Å². The second-order valence-corrected chi connectivity index (χ2v) is 8.67. The van der Waals surface area contributed by atoms with Gasteiger partial charge in [0, 0.05) is 25.6 Å². The molecule has 164 valence electrons. The van der Waals surface area contributed by atoms with E-state index in [2.05, 4.69) is 0 Å². The van der Waals surface area contributed by atoms with Gasteiger partial charge in [-0.25, -0.2) is 9.18 Å². The minimum absolute atomic E-state index is 0.0273. The van der Waals surface area contributed by atoms with Crippen molar-refractivity contribution >= 4 is 17.9 Å². The predicted molar refractivity (Wildman–Crippen MR) is 92.7 cm³/mol. The molecule has 3 amide bonds. The van der Waals surface area contributed by atoms with Gasteiger partial charge < -0.3 is 14.9 Å². The van der Waals surface area contributed by atoms with Gasteiger partial charge in [-0.1, -0.05) is 13.8 Å². The monoisotopic (exact) mass is 423 g/mol. The minimum atomic E-state index is -5.00. The van der Waals surface area contributed by atoms with Crippen molar-refractivity contribution in [3.8, 4) is 0 Å². The van der Waals surface area contributed by atoms with E-state index in [1.54, 1.807) is 0 Å². The second kappa shape index (κ2) is 7.32. The molecule has 3 rings (SSSR count). The first kappa shape index (κ1) is 21.6. The van der Waals surface area contributed by atoms with E-state index in [1.165, 1.54) is 4.90 Å². The van der Waals surface area contributed by atoms with Crippen LogP contribution in [0.25, 0.3) is 0 Å². The molecule has 3 atom stereocenters. The standard InChI is InChI=1S/C18H25F4N3O4/c1-10(2)5-12-8-25(15(27)18(20,21)22)17(3-4-17)9-24(12)14(26)13-6-11(19)7-23(13)16(28)29/h10-13H,3-9H2,1-2H3,(H,28,29)/t11-,12-,13+/m1/s1. The predicted octanol–water partition coefficient (Wildman–Crippen LogP) is 2.26. The number of carbonyl (C=O) groups excluding carboxylic acids is 2. The van der Waals surface area contributed by atoms with E-state index in [0.717, 1.165) is 9.80 Å². The van der Waals surface area contributed by atoms with E-state index in [4.69, 9.17) is 0 Å². The Kier molecular flexibility index (Phi) is 5.46. The first-order valence-electron chi connectivity index (χ1n) is 9.68. The Bertz CT molecular complexity index is 695. The molecule has 2 aliphatic heterocycles. The largest absolute Gasteiger partial charge is 0.471 e. The van der Waals surface area contributed by atoms with Gasteiger partial charge in [-0.2, -0.15) is 13.2 Å². The first-order valence-corrected chi connectivity index (χ1v) is 9.68. The smallest absolute Gasteiger partial charge is 0.465 e. The normalized spacial score (nSPS) is 28.9. The second-order valence-electron chi connectivity index (χ2n) is 8.67. The highest BCUT2D eigenvalue weighted by Gasteiger charge is 2.61. The zero-order valence-electron chi connectivity index (χ0n) is 16.3. The lowest BCUT2D eigenvalue weighted by Gasteiger charge is -2.48. The van der Waals surface area contributed by atoms with E-state index >= 15 is 0 Å². The third-order valence-corrected chi connectivity index (χ3v) is 5.99. The van der Waals surface area contributed by atoms with Crippen LogP contribution in [0.2, 0.25) is 0 Å². The topological polar surface area (TPSA) is 81.2 Å². The van der Waals surface area contributed by atoms with Gasteiger partial charge in [0.15, 0.2) is 0 Å². The van der Waals surface area contributed by atoms with Gasteiger partial charge in [0.25, 0.3) is 0 Å². The highest BCUT2D eigenvalue weighted by Crippen LogP contribution is 2.47. The van der Waals surface area contributed by atoms with E-state index in [9.17, 15) is 37.1 Å². The lowest BCUT2D eigenvalue weighted by atomic mass is 9.95. The van der Waals surface area contributed by atoms with Gasteiger partial charge in [-0.15, -0.1) is 0 Å². The number of hydrogen-bond donors (Lipinski definition) is 1. The Labute approximate surface area is 165 Å². The molecule has 0 aromatic rings. The number of carbonyl (C=O) groups is 3. The van der Waals surface area contributed by atoms with Crippen LogP contribution in [0, 0.1) is 5.92 Å². The van der Waals surface area contributed by atoms with Crippen LogP contribution < -0.4 is 0 Å². The molecule has 0 radical (unpaired) electrons. The van der Waals surface area contributed by atoms with Crippen LogP contribution in [0.5, 0.6) is 0 Å². The molecule has 3 aliphatic rings. The van der Waals surface area contributed by atoms with E-state index in [0.29, 0.717) is 19.3 Å². The van der Waals surface area contributed by atoms with Crippen molar-refractivity contribution in [2.24, 2.45) is 5.92 Å². The Hall–Kier alpha value is -2.07. The molecule has 0 unspecified atom stereocenters. The molecular formula is C18H25F4N3O4. The quantitative estimate of drug-likeness (QED) is 0.707. The number of likely N-dealkylation sites (tertiary alicyclic amines) is 1. The van der Waals surface area contributed by atoms with Crippen LogP contribution in [-0.2, 0) is 9.59 Å². The number of alkyl halides is 4. The third-order valence-electron chi connectivity index (χ3n) is 5.99. The molecule has 29 heavy (non-hydrogen) atoms. The van der Waals surface area contributed by atoms with Crippen LogP contribution in [0.3, 0.4) is 0 Å². The average Bonchev–Trinajstić information content (AvgIpc) is 3.25. The van der Waals surface area contributed by atoms with Crippen molar-refractivity contribution in [3.63, 3.8) is 0 Å². The summed E-state index contributed by atoms with van der Waals surface area (Å²) in [7, 11) is 0. The Morgan fingerprint density at radius 1 is 1.14 bits per heavy atom. The van der Waals surface area contributed by atoms with Crippen LogP contribution >= 0.6 is 0 Å². The Balaban J connectivity index is 1.87. The Morgan fingerprint density at radius 2 is 1.76 bits per heavy atom. The van der Waals surface area contributed by atoms with Crippen molar-refractivity contribution in [1.29, 1.82) is 0 Å². The van der Waals surface area contributed by atoms with Gasteiger partial charge in [-0.05, 0) is 25.2 Å². The zero-order chi connectivity index (χ0) is 21.7. The van der Waals surface area contributed by atoms with E-state index < -0.39 is 54.4 Å². The summed E-state index contributed by atoms with van der Waals surface area (Å²) < 4.78 is 53.1. The molecule has 2 saturated heterocycles. The molecule has 7 nitrogen and oxygen atoms in total. The SMILES string of the molecule is CC(C)C[C@@H]1CN(C(=O)C(F)(F)F)C2(CC2)CN1C(=O)[C@@H]1C[C@@H](F)CN1C(=O)O. The van der Waals surface area contributed by atoms with Crippen LogP contribution in [0.4, 0.5) is 22.4 Å². The highest BCUT2D eigenvalue weighted by molar-refractivity contribution is 5.88. The maximum Gasteiger partial charge on any atom is 0.471 e. The van der Waals surface area contributed by atoms with Crippen molar-refractivity contribution in [1.82, 2.24) is 14.7 Å². The summed E-state index contributed by atoms with van der Waals surface area (Å²) in [6.45, 7) is 2.93. The molecule has 11 heteroatoms. The van der Waals surface area contributed by atoms with Crippen molar-refractivity contribution in [2.75, 3.05) is 19.6 Å². The molecular weight excluding hydrogens is 398 g/mol. The van der Waals surface area contributed by atoms with Gasteiger partial charge >= 0.3 is 18.2 Å². The van der Waals surface area contributed by atoms with Gasteiger partial charge in [-0.3, -0.25) is 14.5 Å².